The van der Waals surface area contributed by atoms with Crippen LogP contribution in [-0.2, 0) is 4.79 Å². The summed E-state index contributed by atoms with van der Waals surface area (Å²) in [6.07, 6.45) is 9.43. The van der Waals surface area contributed by atoms with E-state index in [2.05, 4.69) is 19.7 Å². The van der Waals surface area contributed by atoms with E-state index in [-0.39, 0.29) is 5.78 Å². The summed E-state index contributed by atoms with van der Waals surface area (Å²) in [5.41, 5.74) is 1.46. The average molecular weight is 188 g/mol. The van der Waals surface area contributed by atoms with E-state index in [0.717, 1.165) is 5.57 Å². The maximum atomic E-state index is 11.1. The van der Waals surface area contributed by atoms with E-state index in [1.807, 2.05) is 6.08 Å². The molecule has 0 aliphatic rings. The lowest BCUT2D eigenvalue weighted by Crippen LogP contribution is -1.92. The molecule has 0 aromatic carbocycles. The van der Waals surface area contributed by atoms with Crippen molar-refractivity contribution in [1.82, 2.24) is 0 Å². The minimum absolute atomic E-state index is 0.0416. The maximum Gasteiger partial charge on any atom is 0.159 e. The SMILES string of the molecule is C=CC/C=C(\C=C/C(=C)C=C)C(C)=O. The Kier molecular flexibility index (Phi) is 6.04. The summed E-state index contributed by atoms with van der Waals surface area (Å²) in [7, 11) is 0. The predicted molar refractivity (Wildman–Crippen MR) is 62.1 cm³/mol. The smallest absolute Gasteiger partial charge is 0.159 e. The van der Waals surface area contributed by atoms with Gasteiger partial charge in [0.2, 0.25) is 0 Å². The second-order valence-corrected chi connectivity index (χ2v) is 2.85. The molecule has 0 rings (SSSR count). The second kappa shape index (κ2) is 6.84. The zero-order valence-electron chi connectivity index (χ0n) is 8.62. The van der Waals surface area contributed by atoms with Gasteiger partial charge in [-0.3, -0.25) is 4.79 Å². The van der Waals surface area contributed by atoms with Crippen LogP contribution < -0.4 is 0 Å². The number of ketones is 1. The summed E-state index contributed by atoms with van der Waals surface area (Å²) in [4.78, 5) is 11.1. The van der Waals surface area contributed by atoms with Crippen molar-refractivity contribution in [1.29, 1.82) is 0 Å². The molecule has 0 amide bonds. The summed E-state index contributed by atoms with van der Waals surface area (Å²) in [6, 6.07) is 0. The number of allylic oxidation sites excluding steroid dienone is 7. The van der Waals surface area contributed by atoms with Gasteiger partial charge in [0.25, 0.3) is 0 Å². The molecule has 0 atom stereocenters. The van der Waals surface area contributed by atoms with Crippen molar-refractivity contribution in [3.05, 3.63) is 61.3 Å². The Labute approximate surface area is 85.8 Å². The van der Waals surface area contributed by atoms with Crippen LogP contribution in [0.15, 0.2) is 61.3 Å². The third-order valence-electron chi connectivity index (χ3n) is 1.65. The molecule has 0 aromatic rings. The van der Waals surface area contributed by atoms with Gasteiger partial charge in [0.05, 0.1) is 0 Å². The number of carbonyl (C=O) groups is 1. The molecule has 1 nitrogen and oxygen atoms in total. The van der Waals surface area contributed by atoms with Gasteiger partial charge in [0.15, 0.2) is 5.78 Å². The Morgan fingerprint density at radius 1 is 1.29 bits per heavy atom. The first kappa shape index (κ1) is 12.4. The molecule has 0 aliphatic carbocycles. The topological polar surface area (TPSA) is 17.1 Å². The number of carbonyl (C=O) groups excluding carboxylic acids is 1. The van der Waals surface area contributed by atoms with Gasteiger partial charge in [0.1, 0.15) is 0 Å². The first-order valence-corrected chi connectivity index (χ1v) is 4.43. The highest BCUT2D eigenvalue weighted by molar-refractivity contribution is 5.96. The lowest BCUT2D eigenvalue weighted by Gasteiger charge is -1.95. The molecular formula is C13H16O. The third-order valence-corrected chi connectivity index (χ3v) is 1.65. The van der Waals surface area contributed by atoms with E-state index in [1.165, 1.54) is 6.92 Å². The van der Waals surface area contributed by atoms with Gasteiger partial charge in [0, 0.05) is 5.57 Å². The molecule has 0 saturated heterocycles. The van der Waals surface area contributed by atoms with E-state index in [4.69, 9.17) is 0 Å². The molecule has 0 radical (unpaired) electrons. The molecule has 0 heterocycles. The van der Waals surface area contributed by atoms with E-state index < -0.39 is 0 Å². The average Bonchev–Trinajstić information content (AvgIpc) is 2.16. The van der Waals surface area contributed by atoms with Gasteiger partial charge in [-0.15, -0.1) is 6.58 Å². The number of hydrogen-bond acceptors (Lipinski definition) is 1. The molecule has 74 valence electrons. The monoisotopic (exact) mass is 188 g/mol. The van der Waals surface area contributed by atoms with E-state index >= 15 is 0 Å². The van der Waals surface area contributed by atoms with Crippen LogP contribution in [0.1, 0.15) is 13.3 Å². The summed E-state index contributed by atoms with van der Waals surface area (Å²) in [5, 5.41) is 0. The molecule has 0 unspecified atom stereocenters. The van der Waals surface area contributed by atoms with Crippen molar-refractivity contribution in [2.24, 2.45) is 0 Å². The highest BCUT2D eigenvalue weighted by Crippen LogP contribution is 2.04. The van der Waals surface area contributed by atoms with Gasteiger partial charge in [-0.1, -0.05) is 43.5 Å². The van der Waals surface area contributed by atoms with Crippen LogP contribution in [0, 0.1) is 0 Å². The lowest BCUT2D eigenvalue weighted by molar-refractivity contribution is -0.113. The van der Waals surface area contributed by atoms with Gasteiger partial charge in [-0.25, -0.2) is 0 Å². The Hall–Kier alpha value is -1.63. The van der Waals surface area contributed by atoms with Gasteiger partial charge in [-0.2, -0.15) is 0 Å². The summed E-state index contributed by atoms with van der Waals surface area (Å²) < 4.78 is 0. The van der Waals surface area contributed by atoms with Gasteiger partial charge in [-0.05, 0) is 18.9 Å². The highest BCUT2D eigenvalue weighted by Gasteiger charge is 1.97. The van der Waals surface area contributed by atoms with Crippen molar-refractivity contribution in [3.8, 4) is 0 Å². The predicted octanol–water partition coefficient (Wildman–Crippen LogP) is 3.38. The minimum atomic E-state index is 0.0416. The van der Waals surface area contributed by atoms with E-state index in [1.54, 1.807) is 24.3 Å². The first-order valence-electron chi connectivity index (χ1n) is 4.43. The fraction of sp³-hybridized carbons (Fsp3) is 0.154. The van der Waals surface area contributed by atoms with Crippen LogP contribution in [-0.4, -0.2) is 5.78 Å². The van der Waals surface area contributed by atoms with E-state index in [9.17, 15) is 4.79 Å². The second-order valence-electron chi connectivity index (χ2n) is 2.85. The Morgan fingerprint density at radius 2 is 1.93 bits per heavy atom. The Balaban J connectivity index is 4.60. The molecule has 0 aliphatic heterocycles. The van der Waals surface area contributed by atoms with Crippen LogP contribution in [0.4, 0.5) is 0 Å². The Morgan fingerprint density at radius 3 is 2.36 bits per heavy atom. The molecular weight excluding hydrogens is 172 g/mol. The normalized spacial score (nSPS) is 11.4. The van der Waals surface area contributed by atoms with Crippen LogP contribution in [0.3, 0.4) is 0 Å². The quantitative estimate of drug-likeness (QED) is 0.355. The molecule has 1 heteroatoms. The number of hydrogen-bond donors (Lipinski definition) is 0. The number of rotatable bonds is 6. The number of Topliss-reactive ketones (excluding diaryl/α,β-unsaturated/α-hetero) is 1. The van der Waals surface area contributed by atoms with Crippen LogP contribution in [0.5, 0.6) is 0 Å². The van der Waals surface area contributed by atoms with Crippen LogP contribution in [0.2, 0.25) is 0 Å². The van der Waals surface area contributed by atoms with Crippen LogP contribution >= 0.6 is 0 Å². The minimum Gasteiger partial charge on any atom is -0.295 e. The standard InChI is InChI=1S/C13H16O/c1-5-7-8-13(12(4)14)10-9-11(3)6-2/h5-6,8-10H,1-3,7H2,4H3/b10-9-,13-8+. The zero-order valence-corrected chi connectivity index (χ0v) is 8.62. The third kappa shape index (κ3) is 5.09. The molecule has 0 spiro atoms. The van der Waals surface area contributed by atoms with Crippen molar-refractivity contribution in [2.45, 2.75) is 13.3 Å². The molecule has 14 heavy (non-hydrogen) atoms. The lowest BCUT2D eigenvalue weighted by atomic mass is 10.1. The summed E-state index contributed by atoms with van der Waals surface area (Å²) >= 11 is 0. The van der Waals surface area contributed by atoms with Crippen molar-refractivity contribution in [3.63, 3.8) is 0 Å². The van der Waals surface area contributed by atoms with Gasteiger partial charge < -0.3 is 0 Å². The molecule has 0 saturated carbocycles. The van der Waals surface area contributed by atoms with E-state index in [0.29, 0.717) is 12.0 Å². The van der Waals surface area contributed by atoms with Crippen molar-refractivity contribution in [2.75, 3.05) is 0 Å². The fourth-order valence-electron chi connectivity index (χ4n) is 0.804. The van der Waals surface area contributed by atoms with Gasteiger partial charge >= 0.3 is 0 Å². The summed E-state index contributed by atoms with van der Waals surface area (Å²) in [5.74, 6) is 0.0416. The summed E-state index contributed by atoms with van der Waals surface area (Å²) in [6.45, 7) is 12.4. The molecule has 0 aromatic heterocycles. The fourth-order valence-corrected chi connectivity index (χ4v) is 0.804. The zero-order chi connectivity index (χ0) is 11.0. The molecule has 0 fully saturated rings. The molecule has 0 bridgehead atoms. The van der Waals surface area contributed by atoms with Crippen LogP contribution in [0.25, 0.3) is 0 Å². The highest BCUT2D eigenvalue weighted by atomic mass is 16.1. The Bertz CT molecular complexity index is 303. The molecule has 0 N–H and O–H groups in total. The van der Waals surface area contributed by atoms with Crippen molar-refractivity contribution >= 4 is 5.78 Å². The van der Waals surface area contributed by atoms with Crippen molar-refractivity contribution < 1.29 is 4.79 Å². The largest absolute Gasteiger partial charge is 0.295 e. The maximum absolute atomic E-state index is 11.1. The first-order chi connectivity index (χ1) is 6.61.